The Bertz CT molecular complexity index is 299. The van der Waals surface area contributed by atoms with Gasteiger partial charge >= 0.3 is 0 Å². The Kier molecular flexibility index (Phi) is 6.58. The summed E-state index contributed by atoms with van der Waals surface area (Å²) in [6.07, 6.45) is 2.37. The molecule has 2 atom stereocenters. The van der Waals surface area contributed by atoms with Gasteiger partial charge in [-0.2, -0.15) is 0 Å². The molecular formula is C12H20BrNOS. The maximum atomic E-state index is 5.52. The van der Waals surface area contributed by atoms with Gasteiger partial charge in [-0.25, -0.2) is 0 Å². The van der Waals surface area contributed by atoms with Crippen molar-refractivity contribution in [1.29, 1.82) is 0 Å². The van der Waals surface area contributed by atoms with Gasteiger partial charge in [-0.1, -0.05) is 13.8 Å². The number of hydrogen-bond donors (Lipinski definition) is 1. The lowest BCUT2D eigenvalue weighted by molar-refractivity contribution is 0.0661. The highest BCUT2D eigenvalue weighted by molar-refractivity contribution is 9.11. The molecule has 92 valence electrons. The molecule has 0 saturated heterocycles. The monoisotopic (exact) mass is 305 g/mol. The lowest BCUT2D eigenvalue weighted by Crippen LogP contribution is -2.42. The number of methoxy groups -OCH3 is 1. The zero-order valence-corrected chi connectivity index (χ0v) is 12.5. The molecule has 0 aliphatic rings. The third-order valence-electron chi connectivity index (χ3n) is 2.67. The van der Waals surface area contributed by atoms with E-state index in [1.807, 2.05) is 0 Å². The third-order valence-corrected chi connectivity index (χ3v) is 4.32. The van der Waals surface area contributed by atoms with Crippen LogP contribution < -0.4 is 5.32 Å². The summed E-state index contributed by atoms with van der Waals surface area (Å²) in [6.45, 7) is 5.29. The molecule has 0 aromatic carbocycles. The van der Waals surface area contributed by atoms with Crippen LogP contribution in [0, 0.1) is 0 Å². The summed E-state index contributed by atoms with van der Waals surface area (Å²) in [4.78, 5) is 1.40. The Hall–Kier alpha value is 0.1000. The van der Waals surface area contributed by atoms with Crippen LogP contribution in [0.1, 0.15) is 25.1 Å². The number of likely N-dealkylation sites (N-methyl/N-ethyl adjacent to an activating group) is 1. The molecule has 0 fully saturated rings. The summed E-state index contributed by atoms with van der Waals surface area (Å²) < 4.78 is 6.72. The van der Waals surface area contributed by atoms with Crippen molar-refractivity contribution in [2.45, 2.75) is 38.8 Å². The minimum Gasteiger partial charge on any atom is -0.380 e. The fourth-order valence-electron chi connectivity index (χ4n) is 1.89. The summed E-state index contributed by atoms with van der Waals surface area (Å²) in [5, 5.41) is 3.51. The standard InChI is InChI=1S/C12H20BrNOS/c1-4-11(15-3)10(14-5-2)8-9-6-7-12(13)16-9/h6-7,10-11,14H,4-5,8H2,1-3H3. The third kappa shape index (κ3) is 4.17. The average molecular weight is 306 g/mol. The van der Waals surface area contributed by atoms with E-state index < -0.39 is 0 Å². The van der Waals surface area contributed by atoms with Crippen molar-refractivity contribution in [3.8, 4) is 0 Å². The van der Waals surface area contributed by atoms with E-state index in [2.05, 4.69) is 47.2 Å². The predicted molar refractivity (Wildman–Crippen MR) is 74.3 cm³/mol. The minimum atomic E-state index is 0.292. The van der Waals surface area contributed by atoms with E-state index >= 15 is 0 Å². The lowest BCUT2D eigenvalue weighted by atomic mass is 10.0. The molecule has 0 radical (unpaired) electrons. The Balaban J connectivity index is 2.63. The molecule has 0 amide bonds. The van der Waals surface area contributed by atoms with Gasteiger partial charge in [0.1, 0.15) is 0 Å². The molecule has 1 aromatic rings. The van der Waals surface area contributed by atoms with Crippen molar-refractivity contribution in [2.24, 2.45) is 0 Å². The van der Waals surface area contributed by atoms with Gasteiger partial charge in [-0.15, -0.1) is 11.3 Å². The molecule has 1 rings (SSSR count). The van der Waals surface area contributed by atoms with Crippen LogP contribution in [-0.2, 0) is 11.2 Å². The molecule has 16 heavy (non-hydrogen) atoms. The maximum Gasteiger partial charge on any atom is 0.0725 e. The van der Waals surface area contributed by atoms with Gasteiger partial charge in [-0.3, -0.25) is 0 Å². The number of thiophene rings is 1. The second kappa shape index (κ2) is 7.43. The van der Waals surface area contributed by atoms with Gasteiger partial charge in [0.2, 0.25) is 0 Å². The highest BCUT2D eigenvalue weighted by Gasteiger charge is 2.19. The van der Waals surface area contributed by atoms with Crippen LogP contribution in [0.15, 0.2) is 15.9 Å². The fraction of sp³-hybridized carbons (Fsp3) is 0.667. The zero-order chi connectivity index (χ0) is 12.0. The highest BCUT2D eigenvalue weighted by atomic mass is 79.9. The molecule has 0 aliphatic carbocycles. The first-order chi connectivity index (χ1) is 7.71. The minimum absolute atomic E-state index is 0.292. The molecule has 0 bridgehead atoms. The van der Waals surface area contributed by atoms with Crippen molar-refractivity contribution in [3.63, 3.8) is 0 Å². The first kappa shape index (κ1) is 14.2. The van der Waals surface area contributed by atoms with E-state index in [1.165, 1.54) is 8.66 Å². The topological polar surface area (TPSA) is 21.3 Å². The van der Waals surface area contributed by atoms with Gasteiger partial charge in [0.05, 0.1) is 9.89 Å². The Morgan fingerprint density at radius 1 is 1.44 bits per heavy atom. The van der Waals surface area contributed by atoms with Crippen LogP contribution in [0.4, 0.5) is 0 Å². The molecule has 4 heteroatoms. The first-order valence-corrected chi connectivity index (χ1v) is 7.32. The largest absolute Gasteiger partial charge is 0.380 e. The summed E-state index contributed by atoms with van der Waals surface area (Å²) in [7, 11) is 1.79. The quantitative estimate of drug-likeness (QED) is 0.833. The van der Waals surface area contributed by atoms with Crippen molar-refractivity contribution in [3.05, 3.63) is 20.8 Å². The normalized spacial score (nSPS) is 15.0. The lowest BCUT2D eigenvalue weighted by Gasteiger charge is -2.25. The first-order valence-electron chi connectivity index (χ1n) is 5.71. The van der Waals surface area contributed by atoms with E-state index in [1.54, 1.807) is 18.4 Å². The van der Waals surface area contributed by atoms with E-state index in [9.17, 15) is 0 Å². The van der Waals surface area contributed by atoms with Gasteiger partial charge in [0.15, 0.2) is 0 Å². The second-order valence-electron chi connectivity index (χ2n) is 3.76. The van der Waals surface area contributed by atoms with E-state index in [0.717, 1.165) is 19.4 Å². The number of nitrogens with one attached hydrogen (secondary N) is 1. The summed E-state index contributed by atoms with van der Waals surface area (Å²) in [5.41, 5.74) is 0. The zero-order valence-electron chi connectivity index (χ0n) is 10.1. The molecule has 1 aromatic heterocycles. The highest BCUT2D eigenvalue weighted by Crippen LogP contribution is 2.24. The SMILES string of the molecule is CCNC(Cc1ccc(Br)s1)C(CC)OC. The van der Waals surface area contributed by atoms with E-state index in [0.29, 0.717) is 12.1 Å². The molecule has 0 spiro atoms. The van der Waals surface area contributed by atoms with Gasteiger partial charge in [-0.05, 0) is 47.4 Å². The Morgan fingerprint density at radius 2 is 2.19 bits per heavy atom. The molecule has 0 saturated carbocycles. The predicted octanol–water partition coefficient (Wildman–Crippen LogP) is 3.46. The average Bonchev–Trinajstić information content (AvgIpc) is 2.66. The summed E-state index contributed by atoms with van der Waals surface area (Å²) >= 11 is 5.30. The van der Waals surface area contributed by atoms with Crippen LogP contribution in [-0.4, -0.2) is 25.8 Å². The van der Waals surface area contributed by atoms with Gasteiger partial charge in [0, 0.05) is 18.0 Å². The van der Waals surface area contributed by atoms with Crippen molar-refractivity contribution in [1.82, 2.24) is 5.32 Å². The number of rotatable bonds is 7. The van der Waals surface area contributed by atoms with Crippen LogP contribution in [0.3, 0.4) is 0 Å². The molecule has 1 heterocycles. The molecule has 2 unspecified atom stereocenters. The molecule has 1 N–H and O–H groups in total. The number of ether oxygens (including phenoxy) is 1. The summed E-state index contributed by atoms with van der Waals surface area (Å²) in [5.74, 6) is 0. The van der Waals surface area contributed by atoms with Crippen LogP contribution >= 0.6 is 27.3 Å². The number of hydrogen-bond acceptors (Lipinski definition) is 3. The Labute approximate surface area is 111 Å². The smallest absolute Gasteiger partial charge is 0.0725 e. The van der Waals surface area contributed by atoms with Crippen LogP contribution in [0.2, 0.25) is 0 Å². The fourth-order valence-corrected chi connectivity index (χ4v) is 3.43. The molecule has 2 nitrogen and oxygen atoms in total. The van der Waals surface area contributed by atoms with Crippen molar-refractivity contribution in [2.75, 3.05) is 13.7 Å². The van der Waals surface area contributed by atoms with Crippen LogP contribution in [0.5, 0.6) is 0 Å². The van der Waals surface area contributed by atoms with Crippen LogP contribution in [0.25, 0.3) is 0 Å². The van der Waals surface area contributed by atoms with Crippen molar-refractivity contribution >= 4 is 27.3 Å². The number of halogens is 1. The maximum absolute atomic E-state index is 5.52. The van der Waals surface area contributed by atoms with E-state index in [4.69, 9.17) is 4.74 Å². The Morgan fingerprint density at radius 3 is 2.62 bits per heavy atom. The van der Waals surface area contributed by atoms with Gasteiger partial charge < -0.3 is 10.1 Å². The molecular weight excluding hydrogens is 286 g/mol. The summed E-state index contributed by atoms with van der Waals surface area (Å²) in [6, 6.07) is 4.70. The second-order valence-corrected chi connectivity index (χ2v) is 6.30. The van der Waals surface area contributed by atoms with Gasteiger partial charge in [0.25, 0.3) is 0 Å². The van der Waals surface area contributed by atoms with E-state index in [-0.39, 0.29) is 0 Å². The van der Waals surface area contributed by atoms with Crippen molar-refractivity contribution < 1.29 is 4.74 Å². The molecule has 0 aliphatic heterocycles.